The average Bonchev–Trinajstić information content (AvgIpc) is 3.33. The Kier molecular flexibility index (Phi) is 4.83. The van der Waals surface area contributed by atoms with Gasteiger partial charge in [0.25, 0.3) is 5.91 Å². The zero-order chi connectivity index (χ0) is 18.8. The molecule has 0 unspecified atom stereocenters. The number of halogens is 1. The largest absolute Gasteiger partial charge is 0.506 e. The molecule has 138 valence electrons. The fraction of sp³-hybridized carbons (Fsp3) is 0.200. The standard InChI is InChI=1S/C20H18ClN3O3/c21-15-12-13(6-7-17(15)25)20(26)23-16-8-11-27-18(16)19-22-9-10-24(19)14-4-2-1-3-5-14/h1-7,9-10,12,16,18,25H,8,11H2,(H,23,26)/t16-,18-/m0/s1. The number of benzene rings is 2. The Hall–Kier alpha value is -2.83. The molecule has 6 nitrogen and oxygen atoms in total. The van der Waals surface area contributed by atoms with Gasteiger partial charge in [0.1, 0.15) is 17.7 Å². The van der Waals surface area contributed by atoms with Crippen LogP contribution in [0.3, 0.4) is 0 Å². The van der Waals surface area contributed by atoms with Crippen molar-refractivity contribution in [2.45, 2.75) is 18.6 Å². The number of hydrogen-bond acceptors (Lipinski definition) is 4. The second-order valence-corrected chi connectivity index (χ2v) is 6.72. The first kappa shape index (κ1) is 17.6. The van der Waals surface area contributed by atoms with Crippen molar-refractivity contribution in [3.8, 4) is 11.4 Å². The molecule has 0 aliphatic carbocycles. The fourth-order valence-electron chi connectivity index (χ4n) is 3.22. The summed E-state index contributed by atoms with van der Waals surface area (Å²) in [5.74, 6) is 0.420. The van der Waals surface area contributed by atoms with Crippen LogP contribution in [0.15, 0.2) is 60.9 Å². The number of phenolic OH excluding ortho intramolecular Hbond substituents is 1. The predicted octanol–water partition coefficient (Wildman–Crippen LogP) is 3.49. The summed E-state index contributed by atoms with van der Waals surface area (Å²) < 4.78 is 7.85. The van der Waals surface area contributed by atoms with Gasteiger partial charge < -0.3 is 19.7 Å². The Morgan fingerprint density at radius 2 is 2.07 bits per heavy atom. The number of aromatic nitrogens is 2. The molecule has 0 saturated carbocycles. The number of carbonyl (C=O) groups excluding carboxylic acids is 1. The van der Waals surface area contributed by atoms with Crippen LogP contribution >= 0.6 is 11.6 Å². The third kappa shape index (κ3) is 3.54. The Morgan fingerprint density at radius 3 is 2.85 bits per heavy atom. The zero-order valence-corrected chi connectivity index (χ0v) is 15.1. The smallest absolute Gasteiger partial charge is 0.251 e. The van der Waals surface area contributed by atoms with Crippen molar-refractivity contribution in [1.29, 1.82) is 0 Å². The quantitative estimate of drug-likeness (QED) is 0.723. The minimum Gasteiger partial charge on any atom is -0.506 e. The van der Waals surface area contributed by atoms with Crippen molar-refractivity contribution in [2.24, 2.45) is 0 Å². The van der Waals surface area contributed by atoms with Gasteiger partial charge in [-0.15, -0.1) is 0 Å². The zero-order valence-electron chi connectivity index (χ0n) is 14.4. The molecule has 1 aliphatic heterocycles. The molecule has 2 heterocycles. The molecular weight excluding hydrogens is 366 g/mol. The molecule has 0 bridgehead atoms. The first-order chi connectivity index (χ1) is 13.1. The Labute approximate surface area is 161 Å². The van der Waals surface area contributed by atoms with Crippen LogP contribution in [0, 0.1) is 0 Å². The predicted molar refractivity (Wildman–Crippen MR) is 101 cm³/mol. The van der Waals surface area contributed by atoms with Crippen LogP contribution < -0.4 is 5.32 Å². The first-order valence-corrected chi connectivity index (χ1v) is 9.01. The second-order valence-electron chi connectivity index (χ2n) is 6.32. The molecule has 3 aromatic rings. The number of amides is 1. The highest BCUT2D eigenvalue weighted by atomic mass is 35.5. The van der Waals surface area contributed by atoms with Gasteiger partial charge in [0.05, 0.1) is 11.1 Å². The highest BCUT2D eigenvalue weighted by Gasteiger charge is 2.34. The summed E-state index contributed by atoms with van der Waals surface area (Å²) >= 11 is 5.91. The molecule has 27 heavy (non-hydrogen) atoms. The molecule has 1 aliphatic rings. The summed E-state index contributed by atoms with van der Waals surface area (Å²) in [4.78, 5) is 17.1. The van der Waals surface area contributed by atoms with Gasteiger partial charge in [0.15, 0.2) is 0 Å². The molecule has 2 N–H and O–H groups in total. The lowest BCUT2D eigenvalue weighted by atomic mass is 10.1. The summed E-state index contributed by atoms with van der Waals surface area (Å²) in [6, 6.07) is 14.0. The van der Waals surface area contributed by atoms with E-state index in [1.807, 2.05) is 41.1 Å². The normalized spacial score (nSPS) is 19.1. The number of nitrogens with one attached hydrogen (secondary N) is 1. The molecule has 0 spiro atoms. The number of carbonyl (C=O) groups is 1. The minimum atomic E-state index is -0.350. The van der Waals surface area contributed by atoms with E-state index in [0.717, 1.165) is 11.5 Å². The van der Waals surface area contributed by atoms with E-state index in [4.69, 9.17) is 16.3 Å². The molecule has 4 rings (SSSR count). The van der Waals surface area contributed by atoms with Gasteiger partial charge in [0.2, 0.25) is 0 Å². The minimum absolute atomic E-state index is 0.0554. The number of phenols is 1. The fourth-order valence-corrected chi connectivity index (χ4v) is 3.40. The highest BCUT2D eigenvalue weighted by molar-refractivity contribution is 6.32. The summed E-state index contributed by atoms with van der Waals surface area (Å²) in [6.45, 7) is 0.535. The summed E-state index contributed by atoms with van der Waals surface area (Å²) in [5, 5.41) is 12.7. The van der Waals surface area contributed by atoms with Gasteiger partial charge in [0, 0.05) is 30.3 Å². The van der Waals surface area contributed by atoms with Crippen molar-refractivity contribution in [3.05, 3.63) is 77.3 Å². The van der Waals surface area contributed by atoms with Crippen molar-refractivity contribution in [3.63, 3.8) is 0 Å². The molecule has 7 heteroatoms. The third-order valence-corrected chi connectivity index (χ3v) is 4.88. The summed E-state index contributed by atoms with van der Waals surface area (Å²) in [7, 11) is 0. The average molecular weight is 384 g/mol. The highest BCUT2D eigenvalue weighted by Crippen LogP contribution is 2.30. The van der Waals surface area contributed by atoms with E-state index >= 15 is 0 Å². The number of para-hydroxylation sites is 1. The van der Waals surface area contributed by atoms with Crippen LogP contribution in [0.4, 0.5) is 0 Å². The maximum absolute atomic E-state index is 12.6. The molecule has 1 amide bonds. The summed E-state index contributed by atoms with van der Waals surface area (Å²) in [6.07, 6.45) is 3.94. The number of hydrogen-bond donors (Lipinski definition) is 2. The van der Waals surface area contributed by atoms with Crippen LogP contribution in [0.2, 0.25) is 5.02 Å². The number of rotatable bonds is 4. The van der Waals surface area contributed by atoms with E-state index in [2.05, 4.69) is 10.3 Å². The monoisotopic (exact) mass is 383 g/mol. The molecule has 2 atom stereocenters. The van der Waals surface area contributed by atoms with E-state index in [9.17, 15) is 9.90 Å². The molecule has 1 aromatic heterocycles. The topological polar surface area (TPSA) is 76.4 Å². The number of aromatic hydroxyl groups is 1. The lowest BCUT2D eigenvalue weighted by molar-refractivity contribution is 0.0785. The van der Waals surface area contributed by atoms with Gasteiger partial charge in [-0.25, -0.2) is 4.98 Å². The number of nitrogens with zero attached hydrogens (tertiary/aromatic N) is 2. The van der Waals surface area contributed by atoms with Crippen LogP contribution in [0.25, 0.3) is 5.69 Å². The number of imidazole rings is 1. The van der Waals surface area contributed by atoms with Gasteiger partial charge >= 0.3 is 0 Å². The lowest BCUT2D eigenvalue weighted by Crippen LogP contribution is -2.37. The van der Waals surface area contributed by atoms with Crippen molar-refractivity contribution in [2.75, 3.05) is 6.61 Å². The Morgan fingerprint density at radius 1 is 1.26 bits per heavy atom. The van der Waals surface area contributed by atoms with Gasteiger partial charge in [-0.3, -0.25) is 4.79 Å². The maximum Gasteiger partial charge on any atom is 0.251 e. The molecule has 0 radical (unpaired) electrons. The van der Waals surface area contributed by atoms with E-state index in [1.165, 1.54) is 18.2 Å². The van der Waals surface area contributed by atoms with Crippen LogP contribution in [-0.4, -0.2) is 33.2 Å². The van der Waals surface area contributed by atoms with E-state index in [1.54, 1.807) is 6.20 Å². The molecule has 2 aromatic carbocycles. The van der Waals surface area contributed by atoms with Gasteiger partial charge in [-0.2, -0.15) is 0 Å². The van der Waals surface area contributed by atoms with Crippen LogP contribution in [0.5, 0.6) is 5.75 Å². The summed E-state index contributed by atoms with van der Waals surface area (Å²) in [5.41, 5.74) is 1.37. The SMILES string of the molecule is O=C(N[C@H]1CCO[C@@H]1c1nccn1-c1ccccc1)c1ccc(O)c(Cl)c1. The third-order valence-electron chi connectivity index (χ3n) is 4.58. The molecular formula is C20H18ClN3O3. The first-order valence-electron chi connectivity index (χ1n) is 8.63. The Bertz CT molecular complexity index is 958. The van der Waals surface area contributed by atoms with E-state index in [-0.39, 0.29) is 28.8 Å². The van der Waals surface area contributed by atoms with Crippen LogP contribution in [-0.2, 0) is 4.74 Å². The van der Waals surface area contributed by atoms with Crippen LogP contribution in [0.1, 0.15) is 28.7 Å². The van der Waals surface area contributed by atoms with Crippen molar-refractivity contribution >= 4 is 17.5 Å². The molecule has 1 fully saturated rings. The number of ether oxygens (including phenoxy) is 1. The van der Waals surface area contributed by atoms with Gasteiger partial charge in [-0.1, -0.05) is 29.8 Å². The maximum atomic E-state index is 12.6. The van der Waals surface area contributed by atoms with Gasteiger partial charge in [-0.05, 0) is 36.8 Å². The van der Waals surface area contributed by atoms with E-state index in [0.29, 0.717) is 18.6 Å². The second kappa shape index (κ2) is 7.42. The lowest BCUT2D eigenvalue weighted by Gasteiger charge is -2.21. The van der Waals surface area contributed by atoms with E-state index < -0.39 is 0 Å². The Balaban J connectivity index is 1.56. The van der Waals surface area contributed by atoms with Crippen molar-refractivity contribution < 1.29 is 14.6 Å². The van der Waals surface area contributed by atoms with Crippen molar-refractivity contribution in [1.82, 2.24) is 14.9 Å². The molecule has 1 saturated heterocycles.